The molecule has 1 amide bonds. The molecule has 0 bridgehead atoms. The molecule has 0 aromatic rings. The fourth-order valence-corrected chi connectivity index (χ4v) is 1.50. The Morgan fingerprint density at radius 1 is 1.21 bits per heavy atom. The Morgan fingerprint density at radius 2 is 1.74 bits per heavy atom. The topological polar surface area (TPSA) is 47.6 Å². The lowest BCUT2D eigenvalue weighted by Crippen LogP contribution is -2.47. The van der Waals surface area contributed by atoms with E-state index in [0.29, 0.717) is 4.43 Å². The molecule has 1 atom stereocenters. The molecular weight excluding hydrogens is 371 g/mol. The second-order valence-corrected chi connectivity index (χ2v) is 6.56. The van der Waals surface area contributed by atoms with Gasteiger partial charge in [0, 0.05) is 11.4 Å². The maximum atomic E-state index is 12.8. The van der Waals surface area contributed by atoms with Crippen molar-refractivity contribution in [3.8, 4) is 0 Å². The first kappa shape index (κ1) is 18.8. The first-order valence-electron chi connectivity index (χ1n) is 5.91. The molecule has 19 heavy (non-hydrogen) atoms. The molecule has 0 aliphatic rings. The molecule has 0 radical (unpaired) electrons. The third-order valence-electron chi connectivity index (χ3n) is 1.96. The molecule has 0 aliphatic heterocycles. The monoisotopic (exact) mass is 393 g/mol. The summed E-state index contributed by atoms with van der Waals surface area (Å²) in [6.07, 6.45) is -0.588. The van der Waals surface area contributed by atoms with Crippen molar-refractivity contribution in [2.75, 3.05) is 17.6 Å². The predicted octanol–water partition coefficient (Wildman–Crippen LogP) is 3.38. The summed E-state index contributed by atoms with van der Waals surface area (Å²) in [7, 11) is 0. The fraction of sp³-hybridized carbons (Fsp3) is 0.917. The van der Waals surface area contributed by atoms with Crippen LogP contribution in [0, 0.1) is 0 Å². The summed E-state index contributed by atoms with van der Waals surface area (Å²) in [4.78, 5) is 11.5. The first-order valence-corrected chi connectivity index (χ1v) is 7.44. The van der Waals surface area contributed by atoms with Crippen molar-refractivity contribution >= 4 is 28.7 Å². The SMILES string of the molecule is CC(F)(F)COC(C)(CI)CNC(=O)OC(C)(C)C. The summed E-state index contributed by atoms with van der Waals surface area (Å²) in [6.45, 7) is 7.14. The summed E-state index contributed by atoms with van der Waals surface area (Å²) in [5.41, 5.74) is -1.45. The van der Waals surface area contributed by atoms with Crippen LogP contribution in [0.4, 0.5) is 13.6 Å². The number of ether oxygens (including phenoxy) is 2. The van der Waals surface area contributed by atoms with Gasteiger partial charge in [-0.05, 0) is 27.7 Å². The van der Waals surface area contributed by atoms with Gasteiger partial charge < -0.3 is 14.8 Å². The largest absolute Gasteiger partial charge is 0.444 e. The third kappa shape index (κ3) is 10.3. The van der Waals surface area contributed by atoms with Crippen LogP contribution in [-0.2, 0) is 9.47 Å². The molecule has 0 saturated heterocycles. The minimum absolute atomic E-state index is 0.112. The maximum Gasteiger partial charge on any atom is 0.407 e. The Kier molecular flexibility index (Phi) is 6.94. The van der Waals surface area contributed by atoms with E-state index in [0.717, 1.165) is 6.92 Å². The Labute approximate surface area is 126 Å². The highest BCUT2D eigenvalue weighted by molar-refractivity contribution is 14.1. The lowest BCUT2D eigenvalue weighted by Gasteiger charge is -2.30. The summed E-state index contributed by atoms with van der Waals surface area (Å²) >= 11 is 2.03. The zero-order chi connectivity index (χ0) is 15.3. The van der Waals surface area contributed by atoms with Crippen LogP contribution in [0.15, 0.2) is 0 Å². The van der Waals surface area contributed by atoms with Gasteiger partial charge >= 0.3 is 6.09 Å². The van der Waals surface area contributed by atoms with E-state index in [9.17, 15) is 13.6 Å². The standard InChI is InChI=1S/C12H22F2INO3/c1-10(2,3)19-9(17)16-7-11(4,6-15)18-8-12(5,13)14/h6-8H2,1-5H3,(H,16,17). The highest BCUT2D eigenvalue weighted by Crippen LogP contribution is 2.19. The first-order chi connectivity index (χ1) is 8.37. The van der Waals surface area contributed by atoms with E-state index in [2.05, 4.69) is 5.32 Å². The number of amides is 1. The number of alkyl carbamates (subject to hydrolysis) is 1. The molecule has 7 heteroatoms. The Hall–Kier alpha value is -0.180. The van der Waals surface area contributed by atoms with Gasteiger partial charge in [-0.1, -0.05) is 22.6 Å². The predicted molar refractivity (Wildman–Crippen MR) is 78.1 cm³/mol. The van der Waals surface area contributed by atoms with Crippen LogP contribution in [0.5, 0.6) is 0 Å². The third-order valence-corrected chi connectivity index (χ3v) is 3.58. The number of alkyl halides is 3. The van der Waals surface area contributed by atoms with E-state index < -0.39 is 29.8 Å². The van der Waals surface area contributed by atoms with E-state index >= 15 is 0 Å². The number of halogens is 3. The zero-order valence-electron chi connectivity index (χ0n) is 12.0. The summed E-state index contributed by atoms with van der Waals surface area (Å²) in [5.74, 6) is -2.89. The second-order valence-electron chi connectivity index (χ2n) is 5.80. The number of nitrogens with one attached hydrogen (secondary N) is 1. The molecule has 4 nitrogen and oxygen atoms in total. The molecule has 0 aromatic carbocycles. The molecule has 0 aliphatic carbocycles. The highest BCUT2D eigenvalue weighted by atomic mass is 127. The van der Waals surface area contributed by atoms with Gasteiger partial charge in [-0.2, -0.15) is 0 Å². The number of hydrogen-bond acceptors (Lipinski definition) is 3. The van der Waals surface area contributed by atoms with E-state index in [-0.39, 0.29) is 6.54 Å². The van der Waals surface area contributed by atoms with Gasteiger partial charge in [0.1, 0.15) is 12.2 Å². The van der Waals surface area contributed by atoms with Crippen molar-refractivity contribution < 1.29 is 23.0 Å². The average Bonchev–Trinajstić information content (AvgIpc) is 2.20. The molecule has 0 heterocycles. The smallest absolute Gasteiger partial charge is 0.407 e. The molecule has 1 N–H and O–H groups in total. The van der Waals surface area contributed by atoms with Crippen LogP contribution in [0.25, 0.3) is 0 Å². The molecule has 1 unspecified atom stereocenters. The molecule has 0 fully saturated rings. The maximum absolute atomic E-state index is 12.8. The van der Waals surface area contributed by atoms with Crippen molar-refractivity contribution in [2.24, 2.45) is 0 Å². The number of hydrogen-bond donors (Lipinski definition) is 1. The number of rotatable bonds is 6. The normalized spacial score (nSPS) is 15.8. The van der Waals surface area contributed by atoms with E-state index in [1.807, 2.05) is 22.6 Å². The lowest BCUT2D eigenvalue weighted by atomic mass is 10.1. The fourth-order valence-electron chi connectivity index (χ4n) is 1.01. The summed E-state index contributed by atoms with van der Waals surface area (Å²) in [5, 5.41) is 2.53. The van der Waals surface area contributed by atoms with E-state index in [1.54, 1.807) is 27.7 Å². The van der Waals surface area contributed by atoms with Gasteiger partial charge in [0.2, 0.25) is 0 Å². The van der Waals surface area contributed by atoms with E-state index in [1.165, 1.54) is 0 Å². The molecule has 0 aromatic heterocycles. The number of carbonyl (C=O) groups excluding carboxylic acids is 1. The van der Waals surface area contributed by atoms with Crippen LogP contribution in [0.2, 0.25) is 0 Å². The molecule has 0 rings (SSSR count). The Morgan fingerprint density at radius 3 is 2.11 bits per heavy atom. The van der Waals surface area contributed by atoms with Crippen molar-refractivity contribution in [1.82, 2.24) is 5.32 Å². The summed E-state index contributed by atoms with van der Waals surface area (Å²) < 4.78 is 36.3. The molecule has 0 spiro atoms. The van der Waals surface area contributed by atoms with Crippen molar-refractivity contribution in [3.63, 3.8) is 0 Å². The lowest BCUT2D eigenvalue weighted by molar-refractivity contribution is -0.113. The van der Waals surface area contributed by atoms with Gasteiger partial charge in [-0.15, -0.1) is 0 Å². The van der Waals surface area contributed by atoms with Gasteiger partial charge in [-0.3, -0.25) is 0 Å². The second kappa shape index (κ2) is 7.01. The van der Waals surface area contributed by atoms with Gasteiger partial charge in [0.05, 0.1) is 12.1 Å². The van der Waals surface area contributed by atoms with E-state index in [4.69, 9.17) is 9.47 Å². The highest BCUT2D eigenvalue weighted by Gasteiger charge is 2.31. The minimum atomic E-state index is -2.89. The molecule has 0 saturated carbocycles. The van der Waals surface area contributed by atoms with Crippen molar-refractivity contribution in [2.45, 2.75) is 51.7 Å². The van der Waals surface area contributed by atoms with Crippen LogP contribution >= 0.6 is 22.6 Å². The quantitative estimate of drug-likeness (QED) is 0.556. The minimum Gasteiger partial charge on any atom is -0.444 e. The van der Waals surface area contributed by atoms with Crippen LogP contribution in [0.3, 0.4) is 0 Å². The summed E-state index contributed by atoms with van der Waals surface area (Å²) in [6, 6.07) is 0. The molecule has 114 valence electrons. The Bertz CT molecular complexity index is 302. The average molecular weight is 393 g/mol. The zero-order valence-corrected chi connectivity index (χ0v) is 14.1. The van der Waals surface area contributed by atoms with Gasteiger partial charge in [0.15, 0.2) is 0 Å². The van der Waals surface area contributed by atoms with Crippen LogP contribution < -0.4 is 5.32 Å². The Balaban J connectivity index is 4.28. The van der Waals surface area contributed by atoms with Crippen LogP contribution in [0.1, 0.15) is 34.6 Å². The molecular formula is C12H22F2INO3. The van der Waals surface area contributed by atoms with Crippen molar-refractivity contribution in [1.29, 1.82) is 0 Å². The van der Waals surface area contributed by atoms with Crippen molar-refractivity contribution in [3.05, 3.63) is 0 Å². The van der Waals surface area contributed by atoms with Gasteiger partial charge in [0.25, 0.3) is 5.92 Å². The number of carbonyl (C=O) groups is 1. The van der Waals surface area contributed by atoms with Gasteiger partial charge in [-0.25, -0.2) is 13.6 Å². The van der Waals surface area contributed by atoms with Crippen LogP contribution in [-0.4, -0.2) is 40.8 Å².